The Balaban J connectivity index is 4.81. The van der Waals surface area contributed by atoms with E-state index in [0.717, 1.165) is 0 Å². The van der Waals surface area contributed by atoms with Crippen molar-refractivity contribution in [2.75, 3.05) is 30.5 Å². The standard InChI is InChI=1S/C12H20O5S3/c1-2-12(3-9(13)4-18,7-16-10(14)5-19)8-17-11(15)6-20/h18-20H,2-8H2,1H3. The van der Waals surface area contributed by atoms with Gasteiger partial charge in [-0.2, -0.15) is 37.9 Å². The maximum atomic E-state index is 11.6. The molecule has 0 heterocycles. The van der Waals surface area contributed by atoms with Gasteiger partial charge < -0.3 is 9.47 Å². The van der Waals surface area contributed by atoms with E-state index in [2.05, 4.69) is 37.9 Å². The van der Waals surface area contributed by atoms with Crippen molar-refractivity contribution in [1.82, 2.24) is 0 Å². The molecule has 0 N–H and O–H groups in total. The Labute approximate surface area is 135 Å². The summed E-state index contributed by atoms with van der Waals surface area (Å²) in [4.78, 5) is 34.0. The van der Waals surface area contributed by atoms with Crippen LogP contribution in [0.25, 0.3) is 0 Å². The van der Waals surface area contributed by atoms with E-state index in [-0.39, 0.29) is 42.7 Å². The molecule has 0 aromatic rings. The maximum Gasteiger partial charge on any atom is 0.315 e. The predicted molar refractivity (Wildman–Crippen MR) is 85.8 cm³/mol. The summed E-state index contributed by atoms with van der Waals surface area (Å²) in [5.41, 5.74) is -0.725. The number of ketones is 1. The smallest absolute Gasteiger partial charge is 0.315 e. The first kappa shape index (κ1) is 19.7. The summed E-state index contributed by atoms with van der Waals surface area (Å²) in [7, 11) is 0. The minimum atomic E-state index is -0.725. The monoisotopic (exact) mass is 340 g/mol. The summed E-state index contributed by atoms with van der Waals surface area (Å²) in [5, 5.41) is 0. The van der Waals surface area contributed by atoms with Crippen LogP contribution in [-0.2, 0) is 23.9 Å². The molecule has 0 atom stereocenters. The molecule has 0 aromatic carbocycles. The molecule has 0 aliphatic carbocycles. The summed E-state index contributed by atoms with van der Waals surface area (Å²) in [5.74, 6) is -1.06. The van der Waals surface area contributed by atoms with Crippen LogP contribution in [0.5, 0.6) is 0 Å². The quantitative estimate of drug-likeness (QED) is 0.412. The second kappa shape index (κ2) is 10.4. The highest BCUT2D eigenvalue weighted by atomic mass is 32.1. The Kier molecular flexibility index (Phi) is 10.2. The Hall–Kier alpha value is -0.340. The van der Waals surface area contributed by atoms with E-state index in [1.54, 1.807) is 0 Å². The zero-order valence-electron chi connectivity index (χ0n) is 11.3. The van der Waals surface area contributed by atoms with Crippen LogP contribution < -0.4 is 0 Å². The average Bonchev–Trinajstić information content (AvgIpc) is 2.48. The highest BCUT2D eigenvalue weighted by Crippen LogP contribution is 2.28. The number of carbonyl (C=O) groups excluding carboxylic acids is 3. The van der Waals surface area contributed by atoms with Gasteiger partial charge in [0.25, 0.3) is 0 Å². The Morgan fingerprint density at radius 1 is 0.900 bits per heavy atom. The van der Waals surface area contributed by atoms with Crippen molar-refractivity contribution in [3.8, 4) is 0 Å². The van der Waals surface area contributed by atoms with Gasteiger partial charge in [-0.3, -0.25) is 14.4 Å². The topological polar surface area (TPSA) is 69.7 Å². The van der Waals surface area contributed by atoms with Gasteiger partial charge in [0.2, 0.25) is 0 Å². The van der Waals surface area contributed by atoms with Crippen molar-refractivity contribution < 1.29 is 23.9 Å². The number of rotatable bonds is 10. The fraction of sp³-hybridized carbons (Fsp3) is 0.750. The van der Waals surface area contributed by atoms with Gasteiger partial charge >= 0.3 is 11.9 Å². The molecular weight excluding hydrogens is 320 g/mol. The van der Waals surface area contributed by atoms with Gasteiger partial charge in [0.05, 0.1) is 11.5 Å². The highest BCUT2D eigenvalue weighted by Gasteiger charge is 2.34. The van der Waals surface area contributed by atoms with Crippen molar-refractivity contribution in [3.63, 3.8) is 0 Å². The average molecular weight is 340 g/mol. The Bertz CT molecular complexity index is 326. The van der Waals surface area contributed by atoms with Crippen molar-refractivity contribution >= 4 is 55.6 Å². The summed E-state index contributed by atoms with van der Waals surface area (Å²) >= 11 is 11.6. The molecular formula is C12H20O5S3. The van der Waals surface area contributed by atoms with E-state index < -0.39 is 17.4 Å². The number of hydrogen-bond acceptors (Lipinski definition) is 8. The minimum absolute atomic E-state index is 0.00224. The highest BCUT2D eigenvalue weighted by molar-refractivity contribution is 7.81. The van der Waals surface area contributed by atoms with Crippen LogP contribution in [0, 0.1) is 5.41 Å². The maximum absolute atomic E-state index is 11.6. The molecule has 8 heteroatoms. The lowest BCUT2D eigenvalue weighted by Gasteiger charge is -2.30. The van der Waals surface area contributed by atoms with Crippen molar-refractivity contribution in [3.05, 3.63) is 0 Å². The number of esters is 2. The molecule has 0 radical (unpaired) electrons. The molecule has 0 rings (SSSR count). The van der Waals surface area contributed by atoms with Crippen LogP contribution in [-0.4, -0.2) is 48.2 Å². The van der Waals surface area contributed by atoms with Crippen LogP contribution in [0.15, 0.2) is 0 Å². The molecule has 0 saturated carbocycles. The van der Waals surface area contributed by atoms with Crippen LogP contribution in [0.1, 0.15) is 19.8 Å². The van der Waals surface area contributed by atoms with Crippen LogP contribution >= 0.6 is 37.9 Å². The van der Waals surface area contributed by atoms with E-state index >= 15 is 0 Å². The Morgan fingerprint density at radius 3 is 1.65 bits per heavy atom. The number of thiol groups is 3. The van der Waals surface area contributed by atoms with Gasteiger partial charge in [-0.1, -0.05) is 6.92 Å². The van der Waals surface area contributed by atoms with Crippen LogP contribution in [0.2, 0.25) is 0 Å². The fourth-order valence-electron chi connectivity index (χ4n) is 1.51. The first-order valence-electron chi connectivity index (χ1n) is 6.08. The third-order valence-electron chi connectivity index (χ3n) is 2.84. The van der Waals surface area contributed by atoms with E-state index in [9.17, 15) is 14.4 Å². The lowest BCUT2D eigenvalue weighted by molar-refractivity contribution is -0.153. The molecule has 0 aliphatic heterocycles. The number of carbonyl (C=O) groups is 3. The summed E-state index contributed by atoms with van der Waals surface area (Å²) in [6, 6.07) is 0. The molecule has 20 heavy (non-hydrogen) atoms. The third-order valence-corrected chi connectivity index (χ3v) is 3.70. The van der Waals surface area contributed by atoms with Crippen molar-refractivity contribution in [2.24, 2.45) is 5.41 Å². The molecule has 0 saturated heterocycles. The molecule has 116 valence electrons. The van der Waals surface area contributed by atoms with Crippen molar-refractivity contribution in [1.29, 1.82) is 0 Å². The molecule has 0 amide bonds. The Morgan fingerprint density at radius 2 is 1.35 bits per heavy atom. The molecule has 5 nitrogen and oxygen atoms in total. The first-order valence-corrected chi connectivity index (χ1v) is 7.98. The molecule has 0 aliphatic rings. The zero-order chi connectivity index (χ0) is 15.6. The first-order chi connectivity index (χ1) is 9.42. The van der Waals surface area contributed by atoms with Crippen LogP contribution in [0.4, 0.5) is 0 Å². The van der Waals surface area contributed by atoms with Gasteiger partial charge in [-0.25, -0.2) is 0 Å². The number of Topliss-reactive ketones (excluding diaryl/α,β-unsaturated/α-hetero) is 1. The second-order valence-corrected chi connectivity index (χ2v) is 5.31. The molecule has 0 unspecified atom stereocenters. The fourth-order valence-corrected chi connectivity index (χ4v) is 1.80. The third kappa shape index (κ3) is 7.44. The number of hydrogen-bond donors (Lipinski definition) is 3. The van der Waals surface area contributed by atoms with E-state index in [0.29, 0.717) is 6.42 Å². The van der Waals surface area contributed by atoms with Crippen molar-refractivity contribution in [2.45, 2.75) is 19.8 Å². The molecule has 0 bridgehead atoms. The number of ether oxygens (including phenoxy) is 2. The van der Waals surface area contributed by atoms with E-state index in [1.165, 1.54) is 0 Å². The van der Waals surface area contributed by atoms with Gasteiger partial charge in [0.1, 0.15) is 19.0 Å². The largest absolute Gasteiger partial charge is 0.464 e. The SMILES string of the molecule is CCC(COC(=O)CS)(COC(=O)CS)CC(=O)CS. The molecule has 0 fully saturated rings. The minimum Gasteiger partial charge on any atom is -0.464 e. The van der Waals surface area contributed by atoms with Gasteiger partial charge in [0, 0.05) is 17.6 Å². The van der Waals surface area contributed by atoms with Gasteiger partial charge in [-0.15, -0.1) is 0 Å². The van der Waals surface area contributed by atoms with Crippen LogP contribution in [0.3, 0.4) is 0 Å². The summed E-state index contributed by atoms with van der Waals surface area (Å²) < 4.78 is 10.1. The molecule has 0 aromatic heterocycles. The van der Waals surface area contributed by atoms with E-state index in [4.69, 9.17) is 9.47 Å². The summed E-state index contributed by atoms with van der Waals surface area (Å²) in [6.07, 6.45) is 0.652. The lowest BCUT2D eigenvalue weighted by Crippen LogP contribution is -2.37. The summed E-state index contributed by atoms with van der Waals surface area (Å²) in [6.45, 7) is 1.85. The van der Waals surface area contributed by atoms with Gasteiger partial charge in [0.15, 0.2) is 0 Å². The normalized spacial score (nSPS) is 11.0. The van der Waals surface area contributed by atoms with Gasteiger partial charge in [-0.05, 0) is 6.42 Å². The van der Waals surface area contributed by atoms with E-state index in [1.807, 2.05) is 6.92 Å². The molecule has 0 spiro atoms. The lowest BCUT2D eigenvalue weighted by atomic mass is 9.82. The second-order valence-electron chi connectivity index (χ2n) is 4.36. The zero-order valence-corrected chi connectivity index (χ0v) is 14.0. The predicted octanol–water partition coefficient (Wildman–Crippen LogP) is 1.22.